The van der Waals surface area contributed by atoms with E-state index in [0.29, 0.717) is 25.1 Å². The molecule has 2 N–H and O–H groups in total. The largest absolute Gasteiger partial charge is 0.354 e. The molecule has 0 saturated carbocycles. The molecule has 9 heteroatoms. The molecular formula is C37H59N5O4. The topological polar surface area (TPSA) is 102 Å². The van der Waals surface area contributed by atoms with E-state index in [2.05, 4.69) is 29.4 Å². The molecule has 2 aliphatic rings. The summed E-state index contributed by atoms with van der Waals surface area (Å²) in [6, 6.07) is 8.39. The highest BCUT2D eigenvalue weighted by Gasteiger charge is 2.40. The van der Waals surface area contributed by atoms with Crippen molar-refractivity contribution in [2.45, 2.75) is 124 Å². The lowest BCUT2D eigenvalue weighted by atomic mass is 9.84. The number of nitrogens with zero attached hydrogens (tertiary/aromatic N) is 3. The fourth-order valence-corrected chi connectivity index (χ4v) is 6.77. The van der Waals surface area contributed by atoms with Crippen LogP contribution in [0.4, 0.5) is 0 Å². The third-order valence-electron chi connectivity index (χ3n) is 9.52. The molecule has 1 aromatic carbocycles. The van der Waals surface area contributed by atoms with E-state index < -0.39 is 17.5 Å². The van der Waals surface area contributed by atoms with Gasteiger partial charge in [0.15, 0.2) is 0 Å². The average Bonchev–Trinajstić information content (AvgIpc) is 3.51. The maximum Gasteiger partial charge on any atom is 0.249 e. The summed E-state index contributed by atoms with van der Waals surface area (Å²) in [4.78, 5) is 60.2. The van der Waals surface area contributed by atoms with Gasteiger partial charge >= 0.3 is 0 Å². The molecule has 46 heavy (non-hydrogen) atoms. The number of likely N-dealkylation sites (N-methyl/N-ethyl adjacent to an activating group) is 1. The quantitative estimate of drug-likeness (QED) is 0.328. The van der Waals surface area contributed by atoms with E-state index in [1.165, 1.54) is 0 Å². The van der Waals surface area contributed by atoms with E-state index >= 15 is 0 Å². The molecular weight excluding hydrogens is 578 g/mol. The third kappa shape index (κ3) is 9.66. The van der Waals surface area contributed by atoms with Crippen molar-refractivity contribution < 1.29 is 19.2 Å². The van der Waals surface area contributed by atoms with Crippen LogP contribution >= 0.6 is 0 Å². The molecule has 2 heterocycles. The Kier molecular flexibility index (Phi) is 13.4. The third-order valence-corrected chi connectivity index (χ3v) is 9.52. The number of carbonyl (C=O) groups excluding carboxylic acids is 4. The molecule has 3 rings (SSSR count). The molecule has 2 unspecified atom stereocenters. The lowest BCUT2D eigenvalue weighted by Gasteiger charge is -2.41. The molecule has 9 nitrogen and oxygen atoms in total. The Bertz CT molecular complexity index is 1220. The molecule has 4 atom stereocenters. The first-order chi connectivity index (χ1) is 21.6. The standard InChI is InChI=1S/C37H59N5O4/c1-25(2)31(40(9)36(46)32(37(6,7)8)39-34(44)30-18-13-14-22-41(30)26(3)4)24-27(5)35(45)42-23-15-19-29(42)33(43)38-21-20-28-16-11-10-12-17-28/h10-12,16-17,24-26,29-32H,13-15,18-23H2,1-9H3,(H,38,43)(H,39,44)/b27-24+/t29-,30?,31+,32?/m0/s1. The first kappa shape index (κ1) is 37.3. The molecule has 0 bridgehead atoms. The molecule has 256 valence electrons. The zero-order valence-corrected chi connectivity index (χ0v) is 29.8. The van der Waals surface area contributed by atoms with Gasteiger partial charge in [-0.3, -0.25) is 24.1 Å². The van der Waals surface area contributed by atoms with Crippen molar-refractivity contribution in [3.63, 3.8) is 0 Å². The van der Waals surface area contributed by atoms with Crippen molar-refractivity contribution in [2.75, 3.05) is 26.7 Å². The lowest BCUT2D eigenvalue weighted by Crippen LogP contribution is -2.60. The normalized spacial score (nSPS) is 20.8. The number of nitrogens with one attached hydrogen (secondary N) is 2. The highest BCUT2D eigenvalue weighted by molar-refractivity contribution is 5.97. The minimum atomic E-state index is -0.728. The van der Waals surface area contributed by atoms with E-state index in [1.54, 1.807) is 23.8 Å². The molecule has 2 fully saturated rings. The summed E-state index contributed by atoms with van der Waals surface area (Å²) in [7, 11) is 1.76. The maximum absolute atomic E-state index is 14.1. The van der Waals surface area contributed by atoms with Crippen LogP contribution in [0.25, 0.3) is 0 Å². The maximum atomic E-state index is 14.1. The first-order valence-electron chi connectivity index (χ1n) is 17.3. The number of carbonyl (C=O) groups is 4. The molecule has 2 aliphatic heterocycles. The molecule has 2 saturated heterocycles. The molecule has 0 aromatic heterocycles. The summed E-state index contributed by atoms with van der Waals surface area (Å²) < 4.78 is 0. The summed E-state index contributed by atoms with van der Waals surface area (Å²) in [5.74, 6) is -0.572. The molecule has 4 amide bonds. The molecule has 0 aliphatic carbocycles. The molecule has 0 spiro atoms. The Balaban J connectivity index is 1.72. The highest BCUT2D eigenvalue weighted by Crippen LogP contribution is 2.27. The second kappa shape index (κ2) is 16.6. The fourth-order valence-electron chi connectivity index (χ4n) is 6.77. The number of rotatable bonds is 12. The Morgan fingerprint density at radius 2 is 1.59 bits per heavy atom. The van der Waals surface area contributed by atoms with Gasteiger partial charge < -0.3 is 20.4 Å². The van der Waals surface area contributed by atoms with Crippen LogP contribution in [0.2, 0.25) is 0 Å². The van der Waals surface area contributed by atoms with Gasteiger partial charge in [0.1, 0.15) is 12.1 Å². The van der Waals surface area contributed by atoms with Gasteiger partial charge in [-0.25, -0.2) is 0 Å². The Morgan fingerprint density at radius 3 is 2.20 bits per heavy atom. The minimum absolute atomic E-state index is 0.0125. The van der Waals surface area contributed by atoms with Crippen molar-refractivity contribution in [3.05, 3.63) is 47.5 Å². The predicted molar refractivity (Wildman–Crippen MR) is 184 cm³/mol. The van der Waals surface area contributed by atoms with E-state index in [-0.39, 0.29) is 47.7 Å². The number of likely N-dealkylation sites (tertiary alicyclic amines) is 2. The van der Waals surface area contributed by atoms with Gasteiger partial charge in [-0.15, -0.1) is 0 Å². The van der Waals surface area contributed by atoms with Crippen molar-refractivity contribution in [2.24, 2.45) is 11.3 Å². The SMILES string of the molecule is C/C(=C\[C@H](C(C)C)N(C)C(=O)C(NC(=O)C1CCCCN1C(C)C)C(C)(C)C)C(=O)N1CCC[C@H]1C(=O)NCCc1ccccc1. The second-order valence-electron chi connectivity index (χ2n) is 14.9. The van der Waals surface area contributed by atoms with Gasteiger partial charge in [0.05, 0.1) is 12.1 Å². The van der Waals surface area contributed by atoms with Gasteiger partial charge in [-0.2, -0.15) is 0 Å². The van der Waals surface area contributed by atoms with E-state index in [1.807, 2.05) is 71.0 Å². The zero-order valence-electron chi connectivity index (χ0n) is 29.8. The van der Waals surface area contributed by atoms with Crippen LogP contribution in [-0.4, -0.2) is 95.2 Å². The van der Waals surface area contributed by atoms with Crippen molar-refractivity contribution >= 4 is 23.6 Å². The van der Waals surface area contributed by atoms with Gasteiger partial charge in [0.25, 0.3) is 0 Å². The molecule has 0 radical (unpaired) electrons. The summed E-state index contributed by atoms with van der Waals surface area (Å²) in [6.07, 6.45) is 6.84. The van der Waals surface area contributed by atoms with Crippen molar-refractivity contribution in [1.29, 1.82) is 0 Å². The monoisotopic (exact) mass is 637 g/mol. The van der Waals surface area contributed by atoms with Crippen LogP contribution in [0, 0.1) is 11.3 Å². The summed E-state index contributed by atoms with van der Waals surface area (Å²) >= 11 is 0. The zero-order chi connectivity index (χ0) is 34.2. The average molecular weight is 638 g/mol. The molecule has 1 aromatic rings. The number of hydrogen-bond donors (Lipinski definition) is 2. The Hall–Kier alpha value is -3.20. The predicted octanol–water partition coefficient (Wildman–Crippen LogP) is 4.56. The lowest BCUT2D eigenvalue weighted by molar-refractivity contribution is -0.142. The fraction of sp³-hybridized carbons (Fsp3) is 0.676. The van der Waals surface area contributed by atoms with Crippen molar-refractivity contribution in [3.8, 4) is 0 Å². The van der Waals surface area contributed by atoms with Gasteiger partial charge in [-0.1, -0.05) is 77.4 Å². The summed E-state index contributed by atoms with van der Waals surface area (Å²) in [6.45, 7) is 17.9. The summed E-state index contributed by atoms with van der Waals surface area (Å²) in [5.41, 5.74) is 1.14. The van der Waals surface area contributed by atoms with Crippen LogP contribution < -0.4 is 10.6 Å². The van der Waals surface area contributed by atoms with Crippen molar-refractivity contribution in [1.82, 2.24) is 25.3 Å². The number of benzene rings is 1. The number of amides is 4. The number of hydrogen-bond acceptors (Lipinski definition) is 5. The van der Waals surface area contributed by atoms with Crippen LogP contribution in [-0.2, 0) is 25.6 Å². The van der Waals surface area contributed by atoms with E-state index in [9.17, 15) is 19.2 Å². The summed E-state index contributed by atoms with van der Waals surface area (Å²) in [5, 5.41) is 6.16. The minimum Gasteiger partial charge on any atom is -0.354 e. The Morgan fingerprint density at radius 1 is 0.935 bits per heavy atom. The first-order valence-corrected chi connectivity index (χ1v) is 17.3. The number of piperidine rings is 1. The van der Waals surface area contributed by atoms with Crippen LogP contribution in [0.3, 0.4) is 0 Å². The van der Waals surface area contributed by atoms with E-state index in [4.69, 9.17) is 0 Å². The van der Waals surface area contributed by atoms with Crippen LogP contribution in [0.15, 0.2) is 42.0 Å². The van der Waals surface area contributed by atoms with Gasteiger partial charge in [0.2, 0.25) is 23.6 Å². The van der Waals surface area contributed by atoms with Gasteiger partial charge in [-0.05, 0) is 76.3 Å². The van der Waals surface area contributed by atoms with Crippen LogP contribution in [0.1, 0.15) is 93.1 Å². The van der Waals surface area contributed by atoms with Crippen LogP contribution in [0.5, 0.6) is 0 Å². The highest BCUT2D eigenvalue weighted by atomic mass is 16.2. The van der Waals surface area contributed by atoms with E-state index in [0.717, 1.165) is 44.2 Å². The second-order valence-corrected chi connectivity index (χ2v) is 14.9. The van der Waals surface area contributed by atoms with Gasteiger partial charge in [0, 0.05) is 31.8 Å². The Labute approximate surface area is 277 Å². The smallest absolute Gasteiger partial charge is 0.249 e.